The quantitative estimate of drug-likeness (QED) is 0.407. The maximum Gasteiger partial charge on any atom is 0.355 e. The van der Waals surface area contributed by atoms with Gasteiger partial charge in [-0.3, -0.25) is 25.8 Å². The minimum atomic E-state index is -0.688. The zero-order valence-electron chi connectivity index (χ0n) is 13.9. The Labute approximate surface area is 168 Å². The third kappa shape index (κ3) is 4.61. The summed E-state index contributed by atoms with van der Waals surface area (Å²) in [5.41, 5.74) is 4.55. The Morgan fingerprint density at radius 2 is 1.82 bits per heavy atom. The van der Waals surface area contributed by atoms with E-state index in [-0.39, 0.29) is 17.2 Å². The van der Waals surface area contributed by atoms with Crippen LogP contribution in [0.1, 0.15) is 10.4 Å². The highest BCUT2D eigenvalue weighted by Gasteiger charge is 2.24. The first kappa shape index (κ1) is 19.3. The SMILES string of the molecule is O=C(NNc1ncnc(Nc2ccc(Cl)cn2)c1[N+](=O)[O-])c1cccc(Cl)c1. The first-order valence-electron chi connectivity index (χ1n) is 7.64. The molecular formula is C16H11Cl2N7O3. The van der Waals surface area contributed by atoms with Gasteiger partial charge in [-0.1, -0.05) is 29.3 Å². The van der Waals surface area contributed by atoms with Gasteiger partial charge in [-0.05, 0) is 30.3 Å². The number of nitrogens with zero attached hydrogens (tertiary/aromatic N) is 4. The zero-order valence-corrected chi connectivity index (χ0v) is 15.4. The van der Waals surface area contributed by atoms with Crippen LogP contribution in [-0.2, 0) is 0 Å². The molecule has 3 rings (SSSR count). The highest BCUT2D eigenvalue weighted by molar-refractivity contribution is 6.31. The van der Waals surface area contributed by atoms with Gasteiger partial charge in [0.2, 0.25) is 11.6 Å². The number of nitro groups is 1. The Balaban J connectivity index is 1.81. The number of pyridine rings is 1. The van der Waals surface area contributed by atoms with E-state index in [1.54, 1.807) is 18.2 Å². The second-order valence-corrected chi connectivity index (χ2v) is 6.13. The monoisotopic (exact) mass is 419 g/mol. The molecule has 2 aromatic heterocycles. The molecule has 10 nitrogen and oxygen atoms in total. The van der Waals surface area contributed by atoms with E-state index in [0.717, 1.165) is 6.33 Å². The number of amides is 1. The predicted octanol–water partition coefficient (Wildman–Crippen LogP) is 3.59. The molecule has 0 saturated heterocycles. The average Bonchev–Trinajstić information content (AvgIpc) is 2.67. The van der Waals surface area contributed by atoms with Gasteiger partial charge in [0.15, 0.2) is 0 Å². The van der Waals surface area contributed by atoms with Crippen LogP contribution in [0, 0.1) is 10.1 Å². The predicted molar refractivity (Wildman–Crippen MR) is 104 cm³/mol. The number of hydrazine groups is 1. The third-order valence-corrected chi connectivity index (χ3v) is 3.82. The van der Waals surface area contributed by atoms with Crippen molar-refractivity contribution in [1.29, 1.82) is 0 Å². The van der Waals surface area contributed by atoms with Crippen molar-refractivity contribution in [2.24, 2.45) is 0 Å². The lowest BCUT2D eigenvalue weighted by Gasteiger charge is -2.10. The number of carbonyl (C=O) groups excluding carboxylic acids is 1. The molecule has 28 heavy (non-hydrogen) atoms. The topological polar surface area (TPSA) is 135 Å². The fourth-order valence-electron chi connectivity index (χ4n) is 2.12. The van der Waals surface area contributed by atoms with E-state index >= 15 is 0 Å². The summed E-state index contributed by atoms with van der Waals surface area (Å²) in [6.45, 7) is 0. The molecular weight excluding hydrogens is 409 g/mol. The summed E-state index contributed by atoms with van der Waals surface area (Å²) in [5.74, 6) is -0.592. The number of nitrogens with one attached hydrogen (secondary N) is 3. The van der Waals surface area contributed by atoms with Gasteiger partial charge in [0.25, 0.3) is 5.91 Å². The van der Waals surface area contributed by atoms with E-state index in [2.05, 4.69) is 31.1 Å². The van der Waals surface area contributed by atoms with Crippen molar-refractivity contribution >= 4 is 52.3 Å². The molecule has 0 spiro atoms. The van der Waals surface area contributed by atoms with Crippen LogP contribution < -0.4 is 16.2 Å². The molecule has 3 aromatic rings. The molecule has 0 radical (unpaired) electrons. The van der Waals surface area contributed by atoms with Crippen molar-refractivity contribution in [3.05, 3.63) is 74.6 Å². The number of aromatic nitrogens is 3. The Hall–Kier alpha value is -3.50. The molecule has 0 bridgehead atoms. The van der Waals surface area contributed by atoms with Crippen LogP contribution in [0.4, 0.5) is 23.1 Å². The normalized spacial score (nSPS) is 10.2. The summed E-state index contributed by atoms with van der Waals surface area (Å²) in [5, 5.41) is 15.0. The van der Waals surface area contributed by atoms with Gasteiger partial charge in [0.1, 0.15) is 12.1 Å². The first-order valence-corrected chi connectivity index (χ1v) is 8.39. The molecule has 0 aliphatic rings. The summed E-state index contributed by atoms with van der Waals surface area (Å²) in [6.07, 6.45) is 2.47. The standard InChI is InChI=1S/C16H11Cl2N7O3/c17-10-3-1-2-9(6-10)16(26)24-23-15-13(25(27)28)14(20-8-21-15)22-12-5-4-11(18)7-19-12/h1-8H,(H,24,26)(H2,19,20,21,22,23). The van der Waals surface area contributed by atoms with E-state index in [0.29, 0.717) is 15.9 Å². The number of rotatable bonds is 6. The molecule has 2 heterocycles. The molecule has 1 aromatic carbocycles. The molecule has 12 heteroatoms. The van der Waals surface area contributed by atoms with Crippen LogP contribution >= 0.6 is 23.2 Å². The summed E-state index contributed by atoms with van der Waals surface area (Å²) < 4.78 is 0. The molecule has 142 valence electrons. The fraction of sp³-hybridized carbons (Fsp3) is 0. The molecule has 0 aliphatic heterocycles. The van der Waals surface area contributed by atoms with E-state index in [4.69, 9.17) is 23.2 Å². The number of anilines is 3. The minimum Gasteiger partial charge on any atom is -0.319 e. The summed E-state index contributed by atoms with van der Waals surface area (Å²) in [7, 11) is 0. The molecule has 0 atom stereocenters. The van der Waals surface area contributed by atoms with E-state index in [1.807, 2.05) is 0 Å². The minimum absolute atomic E-state index is 0.116. The van der Waals surface area contributed by atoms with E-state index in [1.165, 1.54) is 24.4 Å². The fourth-order valence-corrected chi connectivity index (χ4v) is 2.43. The van der Waals surface area contributed by atoms with Gasteiger partial charge in [-0.15, -0.1) is 0 Å². The van der Waals surface area contributed by atoms with Crippen LogP contribution in [0.5, 0.6) is 0 Å². The number of hydrogen-bond donors (Lipinski definition) is 3. The van der Waals surface area contributed by atoms with Gasteiger partial charge in [0.05, 0.1) is 9.95 Å². The van der Waals surface area contributed by atoms with E-state index in [9.17, 15) is 14.9 Å². The van der Waals surface area contributed by atoms with Crippen molar-refractivity contribution < 1.29 is 9.72 Å². The molecule has 0 aliphatic carbocycles. The lowest BCUT2D eigenvalue weighted by Crippen LogP contribution is -2.30. The van der Waals surface area contributed by atoms with Gasteiger partial charge in [-0.2, -0.15) is 0 Å². The molecule has 1 amide bonds. The zero-order chi connectivity index (χ0) is 20.1. The molecule has 0 saturated carbocycles. The molecule has 3 N–H and O–H groups in total. The Morgan fingerprint density at radius 1 is 1.04 bits per heavy atom. The van der Waals surface area contributed by atoms with Crippen molar-refractivity contribution in [2.45, 2.75) is 0 Å². The van der Waals surface area contributed by atoms with Crippen molar-refractivity contribution in [3.63, 3.8) is 0 Å². The summed E-state index contributed by atoms with van der Waals surface area (Å²) in [6, 6.07) is 9.30. The van der Waals surface area contributed by atoms with Gasteiger partial charge >= 0.3 is 5.69 Å². The van der Waals surface area contributed by atoms with Crippen molar-refractivity contribution in [3.8, 4) is 0 Å². The van der Waals surface area contributed by atoms with Crippen LogP contribution in [0.2, 0.25) is 10.0 Å². The highest BCUT2D eigenvalue weighted by atomic mass is 35.5. The summed E-state index contributed by atoms with van der Waals surface area (Å²) >= 11 is 11.6. The lowest BCUT2D eigenvalue weighted by molar-refractivity contribution is -0.383. The average molecular weight is 420 g/mol. The lowest BCUT2D eigenvalue weighted by atomic mass is 10.2. The summed E-state index contributed by atoms with van der Waals surface area (Å²) in [4.78, 5) is 34.7. The van der Waals surface area contributed by atoms with Gasteiger partial charge < -0.3 is 5.32 Å². The maximum absolute atomic E-state index is 12.2. The van der Waals surface area contributed by atoms with Crippen LogP contribution in [0.3, 0.4) is 0 Å². The molecule has 0 unspecified atom stereocenters. The van der Waals surface area contributed by atoms with Crippen LogP contribution in [0.15, 0.2) is 48.9 Å². The van der Waals surface area contributed by atoms with Crippen molar-refractivity contribution in [1.82, 2.24) is 20.4 Å². The Kier molecular flexibility index (Phi) is 5.82. The van der Waals surface area contributed by atoms with E-state index < -0.39 is 16.5 Å². The Bertz CT molecular complexity index is 1030. The van der Waals surface area contributed by atoms with Gasteiger partial charge in [-0.25, -0.2) is 15.0 Å². The second kappa shape index (κ2) is 8.46. The smallest absolute Gasteiger partial charge is 0.319 e. The Morgan fingerprint density at radius 3 is 2.50 bits per heavy atom. The maximum atomic E-state index is 12.2. The second-order valence-electron chi connectivity index (χ2n) is 5.25. The number of halogens is 2. The van der Waals surface area contributed by atoms with Crippen LogP contribution in [-0.4, -0.2) is 25.8 Å². The first-order chi connectivity index (χ1) is 13.4. The van der Waals surface area contributed by atoms with Crippen LogP contribution in [0.25, 0.3) is 0 Å². The largest absolute Gasteiger partial charge is 0.355 e. The molecule has 0 fully saturated rings. The number of hydrogen-bond acceptors (Lipinski definition) is 8. The van der Waals surface area contributed by atoms with Crippen molar-refractivity contribution in [2.75, 3.05) is 10.7 Å². The van der Waals surface area contributed by atoms with Gasteiger partial charge in [0, 0.05) is 16.8 Å². The highest BCUT2D eigenvalue weighted by Crippen LogP contribution is 2.30. The third-order valence-electron chi connectivity index (χ3n) is 3.36. The number of carbonyl (C=O) groups is 1. The number of benzene rings is 1.